The summed E-state index contributed by atoms with van der Waals surface area (Å²) < 4.78 is 108. The van der Waals surface area contributed by atoms with E-state index in [1.807, 2.05) is 19.0 Å². The predicted molar refractivity (Wildman–Crippen MR) is 159 cm³/mol. The molecule has 48 heavy (non-hydrogen) atoms. The molecule has 1 aliphatic rings. The molecule has 3 N–H and O–H groups in total. The van der Waals surface area contributed by atoms with E-state index in [-0.39, 0.29) is 18.7 Å². The molecule has 0 aliphatic carbocycles. The molecule has 1 amide bonds. The first kappa shape index (κ1) is 40.1. The summed E-state index contributed by atoms with van der Waals surface area (Å²) in [6.45, 7) is 0.778. The zero-order valence-corrected chi connectivity index (χ0v) is 26.8. The number of benzene rings is 1. The first-order valence-electron chi connectivity index (χ1n) is 12.9. The van der Waals surface area contributed by atoms with E-state index >= 15 is 4.39 Å². The smallest absolute Gasteiger partial charge is 0.475 e. The zero-order valence-electron chi connectivity index (χ0n) is 24.5. The van der Waals surface area contributed by atoms with E-state index in [0.29, 0.717) is 21.4 Å². The third kappa shape index (κ3) is 12.2. The van der Waals surface area contributed by atoms with Gasteiger partial charge in [-0.1, -0.05) is 11.6 Å². The number of thiophene rings is 1. The molecule has 4 rings (SSSR count). The van der Waals surface area contributed by atoms with Gasteiger partial charge in [-0.15, -0.1) is 11.3 Å². The lowest BCUT2D eigenvalue weighted by Crippen LogP contribution is -2.40. The lowest BCUT2D eigenvalue weighted by atomic mass is 10.2. The van der Waals surface area contributed by atoms with Crippen LogP contribution in [0.2, 0.25) is 4.34 Å². The number of hydrogen-bond donors (Lipinski definition) is 3. The number of nitrogens with one attached hydrogen (secondary N) is 1. The number of carboxylic acid groups (broad SMARTS) is 2. The number of anilines is 1. The topological polar surface area (TPSA) is 162 Å². The molecule has 22 heteroatoms. The first-order chi connectivity index (χ1) is 22.0. The highest BCUT2D eigenvalue weighted by Gasteiger charge is 2.39. The van der Waals surface area contributed by atoms with Crippen LogP contribution in [0.1, 0.15) is 17.1 Å². The highest BCUT2D eigenvalue weighted by atomic mass is 35.5. The average molecular weight is 752 g/mol. The first-order valence-corrected chi connectivity index (χ1v) is 15.6. The Bertz CT molecular complexity index is 1720. The highest BCUT2D eigenvalue weighted by Crippen LogP contribution is 2.28. The second-order valence-corrected chi connectivity index (χ2v) is 13.0. The predicted octanol–water partition coefficient (Wildman–Crippen LogP) is 4.75. The van der Waals surface area contributed by atoms with Crippen LogP contribution in [0, 0.1) is 5.82 Å². The minimum Gasteiger partial charge on any atom is -0.475 e. The van der Waals surface area contributed by atoms with Crippen molar-refractivity contribution in [1.29, 1.82) is 0 Å². The fraction of sp³-hybridized carbons (Fsp3) is 0.308. The molecule has 0 bridgehead atoms. The second-order valence-electron chi connectivity index (χ2n) is 9.63. The van der Waals surface area contributed by atoms with Gasteiger partial charge in [0.05, 0.1) is 16.6 Å². The minimum atomic E-state index is -5.08. The number of aromatic nitrogens is 2. The minimum absolute atomic E-state index is 0.105. The second kappa shape index (κ2) is 16.4. The Labute approximate surface area is 276 Å². The Morgan fingerprint density at radius 2 is 1.69 bits per heavy atom. The molecule has 3 aromatic rings. The number of carbonyl (C=O) groups is 3. The summed E-state index contributed by atoms with van der Waals surface area (Å²) in [5.41, 5.74) is 0.687. The third-order valence-corrected chi connectivity index (χ3v) is 7.98. The number of sulfonamides is 1. The molecule has 1 aromatic carbocycles. The van der Waals surface area contributed by atoms with E-state index in [1.54, 1.807) is 35.2 Å². The average Bonchev–Trinajstić information content (AvgIpc) is 3.67. The van der Waals surface area contributed by atoms with E-state index in [9.17, 15) is 39.6 Å². The molecule has 264 valence electrons. The molecule has 0 radical (unpaired) electrons. The van der Waals surface area contributed by atoms with Gasteiger partial charge in [-0.3, -0.25) is 4.79 Å². The van der Waals surface area contributed by atoms with Crippen LogP contribution in [-0.2, 0) is 31.0 Å². The van der Waals surface area contributed by atoms with Gasteiger partial charge in [-0.2, -0.15) is 31.1 Å². The summed E-state index contributed by atoms with van der Waals surface area (Å²) in [7, 11) is -0.0430. The van der Waals surface area contributed by atoms with Crippen LogP contribution in [0.3, 0.4) is 0 Å². The van der Waals surface area contributed by atoms with Gasteiger partial charge in [-0.05, 0) is 50.9 Å². The SMILES string of the molecule is CN(C)Cc1nccn1-c1ccc(N2CC[C@H](NS(=O)(=O)C=Cc3ccc(Cl)s3)C2=O)c(F)c1.O=C(O)C(F)(F)F.O=C(O)C(F)(F)F. The molecule has 1 aliphatic heterocycles. The van der Waals surface area contributed by atoms with Gasteiger partial charge >= 0.3 is 24.3 Å². The maximum Gasteiger partial charge on any atom is 0.490 e. The van der Waals surface area contributed by atoms with Gasteiger partial charge in [0.25, 0.3) is 0 Å². The Balaban J connectivity index is 0.000000479. The number of nitrogens with zero attached hydrogens (tertiary/aromatic N) is 4. The van der Waals surface area contributed by atoms with Crippen molar-refractivity contribution in [2.75, 3.05) is 25.5 Å². The Morgan fingerprint density at radius 3 is 2.17 bits per heavy atom. The molecule has 0 unspecified atom stereocenters. The maximum absolute atomic E-state index is 15.0. The van der Waals surface area contributed by atoms with E-state index in [1.165, 1.54) is 34.4 Å². The van der Waals surface area contributed by atoms with Crippen molar-refractivity contribution in [3.05, 3.63) is 69.0 Å². The van der Waals surface area contributed by atoms with Crippen molar-refractivity contribution in [1.82, 2.24) is 19.2 Å². The van der Waals surface area contributed by atoms with Crippen LogP contribution >= 0.6 is 22.9 Å². The number of halogens is 8. The van der Waals surface area contributed by atoms with Gasteiger partial charge in [0.1, 0.15) is 17.7 Å². The fourth-order valence-corrected chi connectivity index (χ4v) is 5.74. The summed E-state index contributed by atoms with van der Waals surface area (Å²) in [6.07, 6.45) is -5.13. The monoisotopic (exact) mass is 751 g/mol. The molecule has 0 saturated carbocycles. The van der Waals surface area contributed by atoms with Gasteiger partial charge in [0, 0.05) is 41.0 Å². The van der Waals surface area contributed by atoms with Crippen molar-refractivity contribution in [3.8, 4) is 5.69 Å². The standard InChI is InChI=1S/C22H23ClFN5O3S2.2C2HF3O2/c1-27(2)14-21-25-9-11-28(21)15-3-5-19(17(24)13-15)29-10-7-18(22(29)30)26-34(31,32)12-8-16-4-6-20(23)33-16;2*3-2(4,5)1(6)7/h3-6,8-9,11-13,18,26H,7,10,14H2,1-2H3;2*(H,6,7)/t18-;;/m0../s1. The van der Waals surface area contributed by atoms with Crippen molar-refractivity contribution in [3.63, 3.8) is 0 Å². The molecule has 2 aromatic heterocycles. The lowest BCUT2D eigenvalue weighted by Gasteiger charge is -2.19. The molecule has 0 spiro atoms. The summed E-state index contributed by atoms with van der Waals surface area (Å²) in [5, 5.41) is 15.2. The molecule has 1 saturated heterocycles. The van der Waals surface area contributed by atoms with Crippen molar-refractivity contribution in [2.24, 2.45) is 0 Å². The van der Waals surface area contributed by atoms with Gasteiger partial charge < -0.3 is 24.6 Å². The van der Waals surface area contributed by atoms with Gasteiger partial charge in [0.2, 0.25) is 15.9 Å². The number of alkyl halides is 6. The van der Waals surface area contributed by atoms with E-state index in [4.69, 9.17) is 31.4 Å². The molecule has 12 nitrogen and oxygen atoms in total. The Morgan fingerprint density at radius 1 is 1.10 bits per heavy atom. The Kier molecular flexibility index (Phi) is 13.7. The number of amides is 1. The molecule has 1 atom stereocenters. The quantitative estimate of drug-likeness (QED) is 0.276. The summed E-state index contributed by atoms with van der Waals surface area (Å²) in [4.78, 5) is 38.9. The maximum atomic E-state index is 15.0. The van der Waals surface area contributed by atoms with Crippen LogP contribution in [-0.4, -0.2) is 90.0 Å². The van der Waals surface area contributed by atoms with E-state index in [2.05, 4.69) is 9.71 Å². The number of carbonyl (C=O) groups excluding carboxylic acids is 1. The van der Waals surface area contributed by atoms with Crippen LogP contribution in [0.15, 0.2) is 48.1 Å². The largest absolute Gasteiger partial charge is 0.490 e. The third-order valence-electron chi connectivity index (χ3n) is 5.68. The lowest BCUT2D eigenvalue weighted by molar-refractivity contribution is -0.193. The normalized spacial score (nSPS) is 15.3. The summed E-state index contributed by atoms with van der Waals surface area (Å²) >= 11 is 7.09. The van der Waals surface area contributed by atoms with Crippen molar-refractivity contribution in [2.45, 2.75) is 31.4 Å². The molecule has 3 heterocycles. The number of hydrogen-bond acceptors (Lipinski definition) is 8. The van der Waals surface area contributed by atoms with Gasteiger partial charge in [0.15, 0.2) is 0 Å². The summed E-state index contributed by atoms with van der Waals surface area (Å²) in [6, 6.07) is 6.97. The number of rotatable bonds is 8. The molecule has 1 fully saturated rings. The van der Waals surface area contributed by atoms with Crippen LogP contribution < -0.4 is 9.62 Å². The number of imidazole rings is 1. The zero-order chi connectivity index (χ0) is 36.6. The van der Waals surface area contributed by atoms with Crippen LogP contribution in [0.25, 0.3) is 11.8 Å². The summed E-state index contributed by atoms with van der Waals surface area (Å²) in [5.74, 6) is -5.84. The number of carboxylic acids is 2. The van der Waals surface area contributed by atoms with Gasteiger partial charge in [-0.25, -0.2) is 27.4 Å². The van der Waals surface area contributed by atoms with Crippen molar-refractivity contribution >= 4 is 62.6 Å². The molecular formula is C26H25ClF7N5O7S2. The highest BCUT2D eigenvalue weighted by molar-refractivity contribution is 7.92. The molecular weight excluding hydrogens is 727 g/mol. The van der Waals surface area contributed by atoms with E-state index in [0.717, 1.165) is 11.2 Å². The van der Waals surface area contributed by atoms with Crippen LogP contribution in [0.5, 0.6) is 0 Å². The van der Waals surface area contributed by atoms with E-state index < -0.39 is 52.1 Å². The van der Waals surface area contributed by atoms with Crippen molar-refractivity contribution < 1.29 is 63.7 Å². The van der Waals surface area contributed by atoms with Crippen LogP contribution in [0.4, 0.5) is 36.4 Å². The fourth-order valence-electron chi connectivity index (χ4n) is 3.67. The number of aliphatic carboxylic acids is 2. The Hall–Kier alpha value is -4.05.